The highest BCUT2D eigenvalue weighted by Crippen LogP contribution is 2.24. The molecule has 2 amide bonds. The van der Waals surface area contributed by atoms with Gasteiger partial charge in [-0.05, 0) is 81.8 Å². The Morgan fingerprint density at radius 3 is 2.35 bits per heavy atom. The van der Waals surface area contributed by atoms with Gasteiger partial charge in [0.1, 0.15) is 36.4 Å². The van der Waals surface area contributed by atoms with Crippen LogP contribution in [0.2, 0.25) is 0 Å². The van der Waals surface area contributed by atoms with Crippen molar-refractivity contribution in [2.75, 3.05) is 26.3 Å². The summed E-state index contributed by atoms with van der Waals surface area (Å²) in [5.41, 5.74) is 1.40. The molecule has 0 aromatic heterocycles. The Hall–Kier alpha value is -5.83. The summed E-state index contributed by atoms with van der Waals surface area (Å²) in [7, 11) is 0. The molecule has 0 saturated carbocycles. The van der Waals surface area contributed by atoms with E-state index in [1.165, 1.54) is 18.2 Å². The number of piperidine rings is 1. The molecular weight excluding hydrogens is 666 g/mol. The van der Waals surface area contributed by atoms with Crippen molar-refractivity contribution in [1.29, 1.82) is 5.26 Å². The SMILES string of the molecule is CCOC(=O)/C=C/c1ccc(C#N)cc1OC[C@@H](CC(=O)OCc1ccccc1)NC(=O)c1ccc(OC2CCN(C(=O)OC(C)(C)C)CC2)cc1. The molecule has 12 nitrogen and oxygen atoms in total. The molecule has 1 heterocycles. The van der Waals surface area contributed by atoms with E-state index in [1.807, 2.05) is 51.1 Å². The van der Waals surface area contributed by atoms with Gasteiger partial charge in [-0.3, -0.25) is 9.59 Å². The van der Waals surface area contributed by atoms with Gasteiger partial charge in [0.25, 0.3) is 5.91 Å². The standard InChI is InChI=1S/C40H45N3O9/c1-5-48-36(44)18-15-30-12-11-29(25-41)23-35(30)49-27-32(24-37(45)50-26-28-9-7-6-8-10-28)42-38(46)31-13-16-33(17-14-31)51-34-19-21-43(22-20-34)39(47)52-40(2,3)4/h6-18,23,32,34H,5,19-22,24,26-27H2,1-4H3,(H,42,46)/b18-15+/t32-/m1/s1. The lowest BCUT2D eigenvalue weighted by Gasteiger charge is -2.33. The van der Waals surface area contributed by atoms with E-state index in [2.05, 4.69) is 11.4 Å². The van der Waals surface area contributed by atoms with Gasteiger partial charge in [0, 0.05) is 43.1 Å². The summed E-state index contributed by atoms with van der Waals surface area (Å²) in [6.45, 7) is 8.37. The Kier molecular flexibility index (Phi) is 14.2. The number of carbonyl (C=O) groups excluding carboxylic acids is 4. The minimum absolute atomic E-state index is 0.0652. The molecule has 0 aliphatic carbocycles. The molecule has 1 saturated heterocycles. The number of esters is 2. The van der Waals surface area contributed by atoms with Crippen LogP contribution in [-0.4, -0.2) is 72.9 Å². The number of carbonyl (C=O) groups is 4. The second-order valence-corrected chi connectivity index (χ2v) is 13.1. The summed E-state index contributed by atoms with van der Waals surface area (Å²) >= 11 is 0. The number of nitriles is 1. The predicted octanol–water partition coefficient (Wildman–Crippen LogP) is 6.22. The number of hydrogen-bond donors (Lipinski definition) is 1. The number of likely N-dealkylation sites (tertiary alicyclic amines) is 1. The van der Waals surface area contributed by atoms with Crippen LogP contribution in [0.15, 0.2) is 78.9 Å². The van der Waals surface area contributed by atoms with Gasteiger partial charge in [-0.1, -0.05) is 30.3 Å². The fraction of sp³-hybridized carbons (Fsp3) is 0.375. The van der Waals surface area contributed by atoms with Gasteiger partial charge in [-0.15, -0.1) is 0 Å². The first-order valence-corrected chi connectivity index (χ1v) is 17.2. The van der Waals surface area contributed by atoms with Crippen LogP contribution in [-0.2, 0) is 30.4 Å². The van der Waals surface area contributed by atoms with Crippen molar-refractivity contribution < 1.29 is 42.9 Å². The van der Waals surface area contributed by atoms with E-state index in [4.69, 9.17) is 23.7 Å². The summed E-state index contributed by atoms with van der Waals surface area (Å²) in [6, 6.07) is 21.8. The Balaban J connectivity index is 1.40. The highest BCUT2D eigenvalue weighted by atomic mass is 16.6. The molecule has 1 fully saturated rings. The fourth-order valence-electron chi connectivity index (χ4n) is 5.18. The number of ether oxygens (including phenoxy) is 5. The van der Waals surface area contributed by atoms with Crippen LogP contribution in [0, 0.1) is 11.3 Å². The molecule has 0 radical (unpaired) electrons. The second kappa shape index (κ2) is 19.0. The van der Waals surface area contributed by atoms with Crippen LogP contribution < -0.4 is 14.8 Å². The molecule has 0 bridgehead atoms. The van der Waals surface area contributed by atoms with Crippen molar-refractivity contribution in [3.05, 3.63) is 101 Å². The van der Waals surface area contributed by atoms with Gasteiger partial charge >= 0.3 is 18.0 Å². The molecule has 52 heavy (non-hydrogen) atoms. The molecule has 1 atom stereocenters. The van der Waals surface area contributed by atoms with Gasteiger partial charge in [0.05, 0.1) is 30.7 Å². The summed E-state index contributed by atoms with van der Waals surface area (Å²) in [5.74, 6) is -0.682. The van der Waals surface area contributed by atoms with Crippen LogP contribution in [0.5, 0.6) is 11.5 Å². The van der Waals surface area contributed by atoms with Crippen molar-refractivity contribution in [2.24, 2.45) is 0 Å². The molecule has 4 rings (SSSR count). The van der Waals surface area contributed by atoms with Crippen molar-refractivity contribution >= 4 is 30.0 Å². The molecule has 1 N–H and O–H groups in total. The smallest absolute Gasteiger partial charge is 0.410 e. The number of nitrogens with one attached hydrogen (secondary N) is 1. The maximum absolute atomic E-state index is 13.4. The van der Waals surface area contributed by atoms with Gasteiger partial charge in [0.15, 0.2) is 0 Å². The Labute approximate surface area is 304 Å². The number of amides is 2. The first-order valence-electron chi connectivity index (χ1n) is 17.2. The molecule has 0 unspecified atom stereocenters. The lowest BCUT2D eigenvalue weighted by molar-refractivity contribution is -0.145. The number of rotatable bonds is 14. The molecule has 1 aliphatic rings. The van der Waals surface area contributed by atoms with E-state index in [-0.39, 0.29) is 44.2 Å². The molecule has 0 spiro atoms. The first kappa shape index (κ1) is 39.0. The molecule has 12 heteroatoms. The second-order valence-electron chi connectivity index (χ2n) is 13.1. The van der Waals surface area contributed by atoms with E-state index < -0.39 is 29.5 Å². The zero-order valence-electron chi connectivity index (χ0n) is 30.0. The van der Waals surface area contributed by atoms with Gasteiger partial charge < -0.3 is 33.9 Å². The minimum atomic E-state index is -0.825. The number of hydrogen-bond acceptors (Lipinski definition) is 10. The summed E-state index contributed by atoms with van der Waals surface area (Å²) in [4.78, 5) is 52.3. The van der Waals surface area contributed by atoms with Crippen molar-refractivity contribution in [1.82, 2.24) is 10.2 Å². The quantitative estimate of drug-likeness (QED) is 0.116. The fourth-order valence-corrected chi connectivity index (χ4v) is 5.18. The third kappa shape index (κ3) is 12.8. The largest absolute Gasteiger partial charge is 0.491 e. The van der Waals surface area contributed by atoms with Crippen LogP contribution in [0.3, 0.4) is 0 Å². The van der Waals surface area contributed by atoms with Gasteiger partial charge in [-0.25, -0.2) is 9.59 Å². The van der Waals surface area contributed by atoms with Crippen LogP contribution in [0.25, 0.3) is 6.08 Å². The van der Waals surface area contributed by atoms with Crippen LogP contribution >= 0.6 is 0 Å². The Morgan fingerprint density at radius 2 is 1.69 bits per heavy atom. The molecule has 3 aromatic carbocycles. The topological polar surface area (TPSA) is 153 Å². The molecule has 3 aromatic rings. The maximum atomic E-state index is 13.4. The van der Waals surface area contributed by atoms with E-state index in [0.29, 0.717) is 48.4 Å². The molecule has 1 aliphatic heterocycles. The highest BCUT2D eigenvalue weighted by Gasteiger charge is 2.28. The van der Waals surface area contributed by atoms with Gasteiger partial charge in [0.2, 0.25) is 0 Å². The number of benzene rings is 3. The zero-order valence-corrected chi connectivity index (χ0v) is 30.0. The Bertz CT molecular complexity index is 1740. The predicted molar refractivity (Wildman–Crippen MR) is 192 cm³/mol. The van der Waals surface area contributed by atoms with E-state index in [1.54, 1.807) is 48.2 Å². The summed E-state index contributed by atoms with van der Waals surface area (Å²) < 4.78 is 28.1. The van der Waals surface area contributed by atoms with E-state index in [0.717, 1.165) is 5.56 Å². The van der Waals surface area contributed by atoms with Crippen LogP contribution in [0.4, 0.5) is 4.79 Å². The van der Waals surface area contributed by atoms with Gasteiger partial charge in [-0.2, -0.15) is 5.26 Å². The van der Waals surface area contributed by atoms with Crippen molar-refractivity contribution in [3.63, 3.8) is 0 Å². The average molecular weight is 712 g/mol. The van der Waals surface area contributed by atoms with E-state index in [9.17, 15) is 24.4 Å². The normalized spacial score (nSPS) is 13.8. The average Bonchev–Trinajstić information content (AvgIpc) is 3.12. The third-order valence-corrected chi connectivity index (χ3v) is 7.77. The third-order valence-electron chi connectivity index (χ3n) is 7.77. The zero-order chi connectivity index (χ0) is 37.5. The Morgan fingerprint density at radius 1 is 0.981 bits per heavy atom. The lowest BCUT2D eigenvalue weighted by atomic mass is 10.1. The highest BCUT2D eigenvalue weighted by molar-refractivity contribution is 5.94. The first-order chi connectivity index (χ1) is 24.9. The van der Waals surface area contributed by atoms with Crippen LogP contribution in [0.1, 0.15) is 74.0 Å². The summed E-state index contributed by atoms with van der Waals surface area (Å²) in [6.07, 6.45) is 3.40. The minimum Gasteiger partial charge on any atom is -0.491 e. The van der Waals surface area contributed by atoms with Crippen molar-refractivity contribution in [3.8, 4) is 17.6 Å². The van der Waals surface area contributed by atoms with E-state index >= 15 is 0 Å². The summed E-state index contributed by atoms with van der Waals surface area (Å²) in [5, 5.41) is 12.3. The maximum Gasteiger partial charge on any atom is 0.410 e. The monoisotopic (exact) mass is 711 g/mol. The number of nitrogens with zero attached hydrogens (tertiary/aromatic N) is 2. The lowest BCUT2D eigenvalue weighted by Crippen LogP contribution is -2.44. The van der Waals surface area contributed by atoms with Crippen molar-refractivity contribution in [2.45, 2.75) is 71.3 Å². The molecule has 274 valence electrons. The molecular formula is C40H45N3O9.